The van der Waals surface area contributed by atoms with E-state index in [1.165, 1.54) is 0 Å². The fourth-order valence-corrected chi connectivity index (χ4v) is 0.545. The van der Waals surface area contributed by atoms with Crippen molar-refractivity contribution < 1.29 is 40.7 Å². The molecule has 0 saturated carbocycles. The van der Waals surface area contributed by atoms with E-state index in [-0.39, 0.29) is 22.4 Å². The third-order valence-corrected chi connectivity index (χ3v) is 1.09. The van der Waals surface area contributed by atoms with Crippen molar-refractivity contribution >= 4 is 15.8 Å². The van der Waals surface area contributed by atoms with E-state index in [0.29, 0.717) is 11.5 Å². The minimum Gasteiger partial charge on any atom is -0.478 e. The summed E-state index contributed by atoms with van der Waals surface area (Å²) in [5.74, 6) is -1.26. The normalized spacial score (nSPS) is 10.9. The van der Waals surface area contributed by atoms with Gasteiger partial charge < -0.3 is 5.11 Å². The predicted octanol–water partition coefficient (Wildman–Crippen LogP) is -0.373. The molecule has 1 radical (unpaired) electrons. The molecule has 0 saturated heterocycles. The summed E-state index contributed by atoms with van der Waals surface area (Å²) in [6, 6.07) is 0. The van der Waals surface area contributed by atoms with Crippen molar-refractivity contribution in [2.24, 2.45) is 0 Å². The monoisotopic (exact) mass is 257 g/mol. The van der Waals surface area contributed by atoms with Crippen molar-refractivity contribution in [2.45, 2.75) is 0 Å². The number of carboxylic acids is 1. The minimum atomic E-state index is -3.28. The fraction of sp³-hybridized carbons (Fsp3) is 0.250. The van der Waals surface area contributed by atoms with Crippen LogP contribution in [0.15, 0.2) is 11.5 Å². The van der Waals surface area contributed by atoms with E-state index in [1.54, 1.807) is 0 Å². The van der Waals surface area contributed by atoms with Crippen LogP contribution in [0.3, 0.4) is 0 Å². The van der Waals surface area contributed by atoms with Crippen molar-refractivity contribution in [1.29, 1.82) is 0 Å². The van der Waals surface area contributed by atoms with Crippen LogP contribution >= 0.6 is 0 Å². The Morgan fingerprint density at radius 1 is 1.50 bits per heavy atom. The largest absolute Gasteiger partial charge is 0.478 e. The number of rotatable bonds is 2. The third-order valence-electron chi connectivity index (χ3n) is 0.458. The Morgan fingerprint density at radius 2 is 1.90 bits per heavy atom. The van der Waals surface area contributed by atoms with Crippen LogP contribution in [-0.4, -0.2) is 25.7 Å². The Bertz CT molecular complexity index is 228. The molecule has 6 heteroatoms. The molecule has 0 atom stereocenters. The van der Waals surface area contributed by atoms with Crippen molar-refractivity contribution in [2.75, 3.05) is 6.26 Å². The number of sulfone groups is 1. The number of hydrogen-bond donors (Lipinski definition) is 1. The summed E-state index contributed by atoms with van der Waals surface area (Å²) < 4.78 is 20.4. The maximum atomic E-state index is 10.2. The summed E-state index contributed by atoms with van der Waals surface area (Å²) in [5.41, 5.74) is 0. The molecule has 1 N–H and O–H groups in total. The molecule has 63 valence electrons. The van der Waals surface area contributed by atoms with Gasteiger partial charge in [-0.2, -0.15) is 0 Å². The quantitative estimate of drug-likeness (QED) is 0.541. The zero-order valence-electron chi connectivity index (χ0n) is 5.04. The van der Waals surface area contributed by atoms with Gasteiger partial charge in [0.05, 0.1) is 0 Å². The first-order valence-electron chi connectivity index (χ1n) is 2.03. The molecule has 0 aliphatic rings. The minimum absolute atomic E-state index is 0. The molecule has 0 spiro atoms. The van der Waals surface area contributed by atoms with E-state index in [9.17, 15) is 13.2 Å². The third kappa shape index (κ3) is 10.8. The van der Waals surface area contributed by atoms with Gasteiger partial charge in [0.2, 0.25) is 0 Å². The number of carbonyl (C=O) groups is 1. The average Bonchev–Trinajstić information content (AvgIpc) is 1.59. The van der Waals surface area contributed by atoms with E-state index in [2.05, 4.69) is 0 Å². The van der Waals surface area contributed by atoms with Crippen molar-refractivity contribution in [1.82, 2.24) is 0 Å². The average molecular weight is 258 g/mol. The van der Waals surface area contributed by atoms with Crippen LogP contribution in [0.4, 0.5) is 0 Å². The molecule has 0 heterocycles. The fourth-order valence-electron chi connectivity index (χ4n) is 0.182. The molecule has 10 heavy (non-hydrogen) atoms. The summed E-state index contributed by atoms with van der Waals surface area (Å²) in [6.45, 7) is 0. The van der Waals surface area contributed by atoms with E-state index >= 15 is 0 Å². The van der Waals surface area contributed by atoms with Crippen LogP contribution in [0.1, 0.15) is 0 Å². The van der Waals surface area contributed by atoms with Gasteiger partial charge in [0.25, 0.3) is 0 Å². The van der Waals surface area contributed by atoms with Crippen LogP contribution < -0.4 is 0 Å². The molecule has 0 aromatic heterocycles. The Balaban J connectivity index is 0. The number of aliphatic carboxylic acids is 1. The zero-order valence-corrected chi connectivity index (χ0v) is 7.34. The van der Waals surface area contributed by atoms with Crippen molar-refractivity contribution in [3.63, 3.8) is 0 Å². The second-order valence-electron chi connectivity index (χ2n) is 1.47. The molecule has 0 aliphatic heterocycles. The first kappa shape index (κ1) is 12.6. The van der Waals surface area contributed by atoms with Gasteiger partial charge >= 0.3 is 5.97 Å². The Morgan fingerprint density at radius 3 is 2.00 bits per heavy atom. The van der Waals surface area contributed by atoms with E-state index in [0.717, 1.165) is 6.26 Å². The second kappa shape index (κ2) is 4.68. The van der Waals surface area contributed by atoms with Crippen LogP contribution in [0.5, 0.6) is 0 Å². The van der Waals surface area contributed by atoms with Crippen LogP contribution in [0.2, 0.25) is 0 Å². The molecule has 0 unspecified atom stereocenters. The van der Waals surface area contributed by atoms with Gasteiger partial charge in [0, 0.05) is 40.1 Å². The van der Waals surface area contributed by atoms with Crippen LogP contribution in [0, 0.1) is 0 Å². The topological polar surface area (TPSA) is 71.4 Å². The van der Waals surface area contributed by atoms with Crippen LogP contribution in [0.25, 0.3) is 0 Å². The molecule has 0 aromatic rings. The molecule has 0 rings (SSSR count). The van der Waals surface area contributed by atoms with Gasteiger partial charge in [-0.1, -0.05) is 0 Å². The van der Waals surface area contributed by atoms with Gasteiger partial charge in [0.1, 0.15) is 0 Å². The number of carboxylic acid groups (broad SMARTS) is 1. The Kier molecular flexibility index (Phi) is 5.87. The summed E-state index contributed by atoms with van der Waals surface area (Å²) >= 11 is 0. The standard InChI is InChI=1S/C4H6O4S.Ag/c1-9(7,8)3-2-4(5)6;/h2-3H,1H3,(H,5,6);. The predicted molar refractivity (Wildman–Crippen MR) is 31.6 cm³/mol. The van der Waals surface area contributed by atoms with Gasteiger partial charge in [-0.15, -0.1) is 0 Å². The van der Waals surface area contributed by atoms with Gasteiger partial charge in [0.15, 0.2) is 9.84 Å². The molecule has 0 fully saturated rings. The van der Waals surface area contributed by atoms with Gasteiger partial charge in [-0.25, -0.2) is 13.2 Å². The molecule has 0 bridgehead atoms. The molecule has 0 aliphatic carbocycles. The number of hydrogen-bond acceptors (Lipinski definition) is 3. The maximum absolute atomic E-state index is 10.2. The first-order chi connectivity index (χ1) is 3.92. The van der Waals surface area contributed by atoms with E-state index in [4.69, 9.17) is 5.11 Å². The summed E-state index contributed by atoms with van der Waals surface area (Å²) in [6.07, 6.45) is 1.50. The molecular formula is C4H6AgO4S. The smallest absolute Gasteiger partial charge is 0.329 e. The van der Waals surface area contributed by atoms with Gasteiger partial charge in [-0.05, 0) is 0 Å². The second-order valence-corrected chi connectivity index (χ2v) is 3.40. The summed E-state index contributed by atoms with van der Waals surface area (Å²) in [7, 11) is -3.28. The van der Waals surface area contributed by atoms with E-state index < -0.39 is 15.8 Å². The van der Waals surface area contributed by atoms with Gasteiger partial charge in [-0.3, -0.25) is 0 Å². The summed E-state index contributed by atoms with van der Waals surface area (Å²) in [5, 5.41) is 8.56. The molecule has 0 amide bonds. The van der Waals surface area contributed by atoms with Crippen LogP contribution in [-0.2, 0) is 37.0 Å². The molecular weight excluding hydrogens is 252 g/mol. The van der Waals surface area contributed by atoms with E-state index in [1.807, 2.05) is 0 Å². The molecule has 0 aromatic carbocycles. The SMILES string of the molecule is CS(=O)(=O)C=CC(=O)O.[Ag]. The zero-order chi connectivity index (χ0) is 7.49. The Labute approximate surface area is 74.4 Å². The van der Waals surface area contributed by atoms with Crippen molar-refractivity contribution in [3.05, 3.63) is 11.5 Å². The van der Waals surface area contributed by atoms with Crippen molar-refractivity contribution in [3.8, 4) is 0 Å². The maximum Gasteiger partial charge on any atom is 0.329 e. The Hall–Kier alpha value is -0.0997. The summed E-state index contributed by atoms with van der Waals surface area (Å²) in [4.78, 5) is 9.69. The molecule has 4 nitrogen and oxygen atoms in total. The first-order valence-corrected chi connectivity index (χ1v) is 3.98.